The molecule has 0 bridgehead atoms. The SMILES string of the molecule is CCOc1ccc(NCCCC(=O)O)cc1OC. The van der Waals surface area contributed by atoms with Gasteiger partial charge in [0.25, 0.3) is 0 Å². The Morgan fingerprint density at radius 3 is 2.78 bits per heavy atom. The van der Waals surface area contributed by atoms with Gasteiger partial charge in [-0.05, 0) is 25.5 Å². The summed E-state index contributed by atoms with van der Waals surface area (Å²) >= 11 is 0. The van der Waals surface area contributed by atoms with E-state index in [1.54, 1.807) is 7.11 Å². The normalized spacial score (nSPS) is 9.89. The third kappa shape index (κ3) is 4.53. The van der Waals surface area contributed by atoms with Crippen LogP contribution in [-0.2, 0) is 4.79 Å². The summed E-state index contributed by atoms with van der Waals surface area (Å²) in [4.78, 5) is 10.4. The molecule has 0 aliphatic heterocycles. The second-order valence-corrected chi connectivity index (χ2v) is 3.72. The van der Waals surface area contributed by atoms with Crippen molar-refractivity contribution in [3.8, 4) is 11.5 Å². The first-order valence-corrected chi connectivity index (χ1v) is 5.94. The van der Waals surface area contributed by atoms with Gasteiger partial charge in [-0.15, -0.1) is 0 Å². The summed E-state index contributed by atoms with van der Waals surface area (Å²) in [5.41, 5.74) is 0.890. The molecule has 1 aromatic carbocycles. The lowest BCUT2D eigenvalue weighted by atomic mass is 10.2. The maximum Gasteiger partial charge on any atom is 0.303 e. The van der Waals surface area contributed by atoms with E-state index >= 15 is 0 Å². The molecule has 0 saturated heterocycles. The molecule has 0 unspecified atom stereocenters. The van der Waals surface area contributed by atoms with Crippen LogP contribution in [0.3, 0.4) is 0 Å². The van der Waals surface area contributed by atoms with Gasteiger partial charge in [-0.1, -0.05) is 0 Å². The van der Waals surface area contributed by atoms with Crippen LogP contribution in [-0.4, -0.2) is 31.3 Å². The van der Waals surface area contributed by atoms with Crippen molar-refractivity contribution in [2.75, 3.05) is 25.6 Å². The van der Waals surface area contributed by atoms with Crippen molar-refractivity contribution in [2.45, 2.75) is 19.8 Å². The number of carboxylic acids is 1. The molecule has 0 atom stereocenters. The van der Waals surface area contributed by atoms with Crippen LogP contribution in [0, 0.1) is 0 Å². The number of hydrogen-bond acceptors (Lipinski definition) is 4. The van der Waals surface area contributed by atoms with Gasteiger partial charge in [-0.2, -0.15) is 0 Å². The van der Waals surface area contributed by atoms with Crippen LogP contribution in [0.15, 0.2) is 18.2 Å². The summed E-state index contributed by atoms with van der Waals surface area (Å²) in [6.45, 7) is 3.11. The summed E-state index contributed by atoms with van der Waals surface area (Å²) in [7, 11) is 1.59. The van der Waals surface area contributed by atoms with E-state index in [2.05, 4.69) is 5.32 Å². The topological polar surface area (TPSA) is 67.8 Å². The molecular formula is C13H19NO4. The number of carbonyl (C=O) groups is 1. The standard InChI is InChI=1S/C13H19NO4/c1-3-18-11-7-6-10(9-12(11)17-2)14-8-4-5-13(15)16/h6-7,9,14H,3-5,8H2,1-2H3,(H,15,16). The highest BCUT2D eigenvalue weighted by atomic mass is 16.5. The molecule has 5 heteroatoms. The molecule has 0 aliphatic carbocycles. The average molecular weight is 253 g/mol. The Labute approximate surface area is 107 Å². The highest BCUT2D eigenvalue weighted by Gasteiger charge is 2.05. The fourth-order valence-electron chi connectivity index (χ4n) is 1.52. The second-order valence-electron chi connectivity index (χ2n) is 3.72. The number of methoxy groups -OCH3 is 1. The van der Waals surface area contributed by atoms with Gasteiger partial charge in [0, 0.05) is 24.7 Å². The fraction of sp³-hybridized carbons (Fsp3) is 0.462. The van der Waals surface area contributed by atoms with Crippen LogP contribution in [0.1, 0.15) is 19.8 Å². The number of benzene rings is 1. The van der Waals surface area contributed by atoms with E-state index in [0.29, 0.717) is 31.1 Å². The number of carboxylic acid groups (broad SMARTS) is 1. The molecule has 0 spiro atoms. The zero-order valence-corrected chi connectivity index (χ0v) is 10.7. The molecule has 0 aromatic heterocycles. The number of hydrogen-bond donors (Lipinski definition) is 2. The first-order chi connectivity index (χ1) is 8.67. The van der Waals surface area contributed by atoms with Gasteiger partial charge in [0.05, 0.1) is 13.7 Å². The minimum Gasteiger partial charge on any atom is -0.493 e. The molecule has 100 valence electrons. The van der Waals surface area contributed by atoms with Crippen LogP contribution in [0.5, 0.6) is 11.5 Å². The van der Waals surface area contributed by atoms with Crippen LogP contribution in [0.2, 0.25) is 0 Å². The fourth-order valence-corrected chi connectivity index (χ4v) is 1.52. The molecular weight excluding hydrogens is 234 g/mol. The first kappa shape index (κ1) is 14.2. The third-order valence-electron chi connectivity index (χ3n) is 2.36. The monoisotopic (exact) mass is 253 g/mol. The van der Waals surface area contributed by atoms with Gasteiger partial charge < -0.3 is 19.9 Å². The van der Waals surface area contributed by atoms with E-state index in [1.165, 1.54) is 0 Å². The Morgan fingerprint density at radius 2 is 2.17 bits per heavy atom. The largest absolute Gasteiger partial charge is 0.493 e. The van der Waals surface area contributed by atoms with Crippen molar-refractivity contribution in [1.29, 1.82) is 0 Å². The van der Waals surface area contributed by atoms with Gasteiger partial charge in [0.1, 0.15) is 0 Å². The van der Waals surface area contributed by atoms with Gasteiger partial charge in [0.15, 0.2) is 11.5 Å². The molecule has 0 fully saturated rings. The van der Waals surface area contributed by atoms with E-state index < -0.39 is 5.97 Å². The molecule has 18 heavy (non-hydrogen) atoms. The molecule has 5 nitrogen and oxygen atoms in total. The van der Waals surface area contributed by atoms with E-state index in [4.69, 9.17) is 14.6 Å². The number of anilines is 1. The van der Waals surface area contributed by atoms with Crippen LogP contribution in [0.4, 0.5) is 5.69 Å². The van der Waals surface area contributed by atoms with Crippen molar-refractivity contribution >= 4 is 11.7 Å². The maximum absolute atomic E-state index is 10.4. The second kappa shape index (κ2) is 7.42. The molecule has 2 N–H and O–H groups in total. The molecule has 0 amide bonds. The zero-order chi connectivity index (χ0) is 13.4. The van der Waals surface area contributed by atoms with Crippen molar-refractivity contribution in [2.24, 2.45) is 0 Å². The first-order valence-electron chi connectivity index (χ1n) is 5.94. The summed E-state index contributed by atoms with van der Waals surface area (Å²) in [5, 5.41) is 11.7. The average Bonchev–Trinajstić information content (AvgIpc) is 2.36. The predicted octanol–water partition coefficient (Wildman–Crippen LogP) is 2.37. The lowest BCUT2D eigenvalue weighted by Gasteiger charge is -2.12. The highest BCUT2D eigenvalue weighted by Crippen LogP contribution is 2.30. The van der Waals surface area contributed by atoms with Gasteiger partial charge >= 0.3 is 5.97 Å². The summed E-state index contributed by atoms with van der Waals surface area (Å²) in [6, 6.07) is 5.56. The molecule has 1 aromatic rings. The van der Waals surface area contributed by atoms with Crippen molar-refractivity contribution in [3.63, 3.8) is 0 Å². The molecule has 0 aliphatic rings. The van der Waals surface area contributed by atoms with E-state index in [-0.39, 0.29) is 6.42 Å². The molecule has 0 saturated carbocycles. The summed E-state index contributed by atoms with van der Waals surface area (Å²) in [5.74, 6) is 0.595. The molecule has 1 rings (SSSR count). The highest BCUT2D eigenvalue weighted by molar-refractivity contribution is 5.66. The lowest BCUT2D eigenvalue weighted by Crippen LogP contribution is -2.05. The smallest absolute Gasteiger partial charge is 0.303 e. The predicted molar refractivity (Wildman–Crippen MR) is 69.5 cm³/mol. The number of nitrogens with one attached hydrogen (secondary N) is 1. The minimum absolute atomic E-state index is 0.168. The summed E-state index contributed by atoms with van der Waals surface area (Å²) < 4.78 is 10.6. The number of aliphatic carboxylic acids is 1. The minimum atomic E-state index is -0.777. The van der Waals surface area contributed by atoms with Crippen LogP contribution >= 0.6 is 0 Å². The van der Waals surface area contributed by atoms with Gasteiger partial charge in [0.2, 0.25) is 0 Å². The lowest BCUT2D eigenvalue weighted by molar-refractivity contribution is -0.137. The third-order valence-corrected chi connectivity index (χ3v) is 2.36. The maximum atomic E-state index is 10.4. The van der Waals surface area contributed by atoms with Crippen molar-refractivity contribution < 1.29 is 19.4 Å². The van der Waals surface area contributed by atoms with Crippen molar-refractivity contribution in [3.05, 3.63) is 18.2 Å². The van der Waals surface area contributed by atoms with Crippen LogP contribution in [0.25, 0.3) is 0 Å². The zero-order valence-electron chi connectivity index (χ0n) is 10.7. The Morgan fingerprint density at radius 1 is 1.39 bits per heavy atom. The van der Waals surface area contributed by atoms with Crippen LogP contribution < -0.4 is 14.8 Å². The van der Waals surface area contributed by atoms with E-state index in [1.807, 2.05) is 25.1 Å². The Kier molecular flexibility index (Phi) is 5.84. The summed E-state index contributed by atoms with van der Waals surface area (Å²) in [6.07, 6.45) is 0.756. The van der Waals surface area contributed by atoms with E-state index in [0.717, 1.165) is 5.69 Å². The Hall–Kier alpha value is -1.91. The van der Waals surface area contributed by atoms with Gasteiger partial charge in [-0.25, -0.2) is 0 Å². The molecule has 0 radical (unpaired) electrons. The Bertz CT molecular complexity index is 393. The number of ether oxygens (including phenoxy) is 2. The Balaban J connectivity index is 2.53. The van der Waals surface area contributed by atoms with Gasteiger partial charge in [-0.3, -0.25) is 4.79 Å². The molecule has 0 heterocycles. The van der Waals surface area contributed by atoms with Crippen molar-refractivity contribution in [1.82, 2.24) is 0 Å². The van der Waals surface area contributed by atoms with E-state index in [9.17, 15) is 4.79 Å². The quantitative estimate of drug-likeness (QED) is 0.696. The number of rotatable bonds is 8.